The highest BCUT2D eigenvalue weighted by Crippen LogP contribution is 2.17. The Balaban J connectivity index is 1.54. The molecule has 0 saturated carbocycles. The fourth-order valence-corrected chi connectivity index (χ4v) is 3.23. The third-order valence-electron chi connectivity index (χ3n) is 4.78. The normalized spacial score (nSPS) is 11.4. The number of imidazole rings is 1. The van der Waals surface area contributed by atoms with Crippen LogP contribution in [0.25, 0.3) is 22.6 Å². The summed E-state index contributed by atoms with van der Waals surface area (Å²) in [5.74, 6) is 0.558. The highest BCUT2D eigenvalue weighted by atomic mass is 16.2. The standard InChI is InChI=1S/C18H20N8O2/c1-12-7-4-5-8-13(12)15-20-22-26(21-15)10-6-9-25-17(27)14-16(19-11-23(14)2)24(3)18(25)28/h4-5,7-8,11H,6,9-10H2,1-3H3. The number of aromatic nitrogens is 8. The SMILES string of the molecule is Cc1ccccc1-c1nnn(CCCn2c(=O)c3c(ncn3C)n(C)c2=O)n1. The molecule has 0 aliphatic carbocycles. The molecule has 0 spiro atoms. The van der Waals surface area contributed by atoms with Crippen molar-refractivity contribution in [3.63, 3.8) is 0 Å². The maximum absolute atomic E-state index is 12.7. The third-order valence-corrected chi connectivity index (χ3v) is 4.78. The van der Waals surface area contributed by atoms with Gasteiger partial charge in [0.15, 0.2) is 11.2 Å². The minimum Gasteiger partial charge on any atom is -0.328 e. The summed E-state index contributed by atoms with van der Waals surface area (Å²) in [6.07, 6.45) is 2.05. The van der Waals surface area contributed by atoms with Crippen molar-refractivity contribution in [1.82, 2.24) is 38.9 Å². The van der Waals surface area contributed by atoms with Gasteiger partial charge in [-0.15, -0.1) is 10.2 Å². The summed E-state index contributed by atoms with van der Waals surface area (Å²) in [6, 6.07) is 7.83. The minimum atomic E-state index is -0.386. The van der Waals surface area contributed by atoms with E-state index in [9.17, 15) is 9.59 Å². The Hall–Kier alpha value is -3.56. The minimum absolute atomic E-state index is 0.258. The molecule has 28 heavy (non-hydrogen) atoms. The number of fused-ring (bicyclic) bond motifs is 1. The molecule has 4 rings (SSSR count). The van der Waals surface area contributed by atoms with Crippen molar-refractivity contribution < 1.29 is 0 Å². The van der Waals surface area contributed by atoms with E-state index in [1.165, 1.54) is 20.3 Å². The quantitative estimate of drug-likeness (QED) is 0.499. The Morgan fingerprint density at radius 1 is 1.07 bits per heavy atom. The van der Waals surface area contributed by atoms with Crippen LogP contribution in [-0.2, 0) is 27.2 Å². The molecule has 0 unspecified atom stereocenters. The first-order valence-corrected chi connectivity index (χ1v) is 8.92. The van der Waals surface area contributed by atoms with Crippen molar-refractivity contribution in [2.45, 2.75) is 26.4 Å². The van der Waals surface area contributed by atoms with Gasteiger partial charge in [0.05, 0.1) is 12.9 Å². The lowest BCUT2D eigenvalue weighted by Gasteiger charge is -2.08. The summed E-state index contributed by atoms with van der Waals surface area (Å²) in [4.78, 5) is 30.8. The Kier molecular flexibility index (Phi) is 4.38. The molecule has 0 saturated heterocycles. The first-order valence-electron chi connectivity index (χ1n) is 8.92. The Morgan fingerprint density at radius 3 is 2.64 bits per heavy atom. The fraction of sp³-hybridized carbons (Fsp3) is 0.333. The van der Waals surface area contributed by atoms with Crippen LogP contribution >= 0.6 is 0 Å². The van der Waals surface area contributed by atoms with Crippen molar-refractivity contribution in [2.75, 3.05) is 0 Å². The lowest BCUT2D eigenvalue weighted by atomic mass is 10.1. The van der Waals surface area contributed by atoms with Gasteiger partial charge >= 0.3 is 5.69 Å². The zero-order valence-electron chi connectivity index (χ0n) is 15.9. The highest BCUT2D eigenvalue weighted by Gasteiger charge is 2.15. The Morgan fingerprint density at radius 2 is 1.86 bits per heavy atom. The first-order chi connectivity index (χ1) is 13.5. The molecule has 0 bridgehead atoms. The summed E-state index contributed by atoms with van der Waals surface area (Å²) in [5.41, 5.74) is 2.06. The number of hydrogen-bond donors (Lipinski definition) is 0. The van der Waals surface area contributed by atoms with E-state index in [1.807, 2.05) is 31.2 Å². The zero-order chi connectivity index (χ0) is 19.8. The van der Waals surface area contributed by atoms with Gasteiger partial charge in [0.2, 0.25) is 5.82 Å². The van der Waals surface area contributed by atoms with E-state index < -0.39 is 0 Å². The molecule has 0 aliphatic rings. The average Bonchev–Trinajstić information content (AvgIpc) is 3.30. The molecule has 10 heteroatoms. The van der Waals surface area contributed by atoms with E-state index in [4.69, 9.17) is 0 Å². The van der Waals surface area contributed by atoms with Gasteiger partial charge in [-0.25, -0.2) is 9.78 Å². The summed E-state index contributed by atoms with van der Waals surface area (Å²) in [6.45, 7) is 2.69. The Bertz CT molecular complexity index is 1280. The molecule has 0 fully saturated rings. The predicted octanol–water partition coefficient (Wildman–Crippen LogP) is 0.486. The number of hydrogen-bond acceptors (Lipinski definition) is 6. The molecule has 144 valence electrons. The highest BCUT2D eigenvalue weighted by molar-refractivity contribution is 5.69. The molecule has 0 atom stereocenters. The van der Waals surface area contributed by atoms with Crippen molar-refractivity contribution in [2.24, 2.45) is 14.1 Å². The molecule has 0 amide bonds. The van der Waals surface area contributed by atoms with Crippen molar-refractivity contribution in [3.05, 3.63) is 57.0 Å². The molecule has 1 aromatic carbocycles. The molecule has 3 aromatic heterocycles. The van der Waals surface area contributed by atoms with E-state index in [2.05, 4.69) is 20.4 Å². The fourth-order valence-electron chi connectivity index (χ4n) is 3.23. The number of aryl methyl sites for hydroxylation is 4. The van der Waals surface area contributed by atoms with Gasteiger partial charge < -0.3 is 4.57 Å². The molecule has 0 aliphatic heterocycles. The van der Waals surface area contributed by atoms with E-state index in [-0.39, 0.29) is 17.8 Å². The van der Waals surface area contributed by atoms with E-state index >= 15 is 0 Å². The molecule has 0 N–H and O–H groups in total. The summed E-state index contributed by atoms with van der Waals surface area (Å²) >= 11 is 0. The average molecular weight is 380 g/mol. The van der Waals surface area contributed by atoms with Gasteiger partial charge in [-0.3, -0.25) is 13.9 Å². The second kappa shape index (κ2) is 6.87. The van der Waals surface area contributed by atoms with Crippen molar-refractivity contribution >= 4 is 11.2 Å². The monoisotopic (exact) mass is 380 g/mol. The maximum atomic E-state index is 12.7. The molecular formula is C18H20N8O2. The maximum Gasteiger partial charge on any atom is 0.332 e. The zero-order valence-corrected chi connectivity index (χ0v) is 15.9. The van der Waals surface area contributed by atoms with Gasteiger partial charge in [0.1, 0.15) is 0 Å². The smallest absolute Gasteiger partial charge is 0.328 e. The summed E-state index contributed by atoms with van der Waals surface area (Å²) in [5, 5.41) is 12.6. The van der Waals surface area contributed by atoms with E-state index in [0.717, 1.165) is 11.1 Å². The van der Waals surface area contributed by atoms with Gasteiger partial charge in [-0.05, 0) is 24.1 Å². The van der Waals surface area contributed by atoms with Gasteiger partial charge in [0.25, 0.3) is 5.56 Å². The predicted molar refractivity (Wildman–Crippen MR) is 103 cm³/mol. The van der Waals surface area contributed by atoms with E-state index in [0.29, 0.717) is 30.0 Å². The van der Waals surface area contributed by atoms with Gasteiger partial charge in [-0.1, -0.05) is 24.3 Å². The van der Waals surface area contributed by atoms with Crippen molar-refractivity contribution in [3.8, 4) is 11.4 Å². The lowest BCUT2D eigenvalue weighted by Crippen LogP contribution is -2.39. The van der Waals surface area contributed by atoms with Crippen LogP contribution in [0.3, 0.4) is 0 Å². The van der Waals surface area contributed by atoms with Gasteiger partial charge in [0, 0.05) is 26.2 Å². The lowest BCUT2D eigenvalue weighted by molar-refractivity contribution is 0.457. The third kappa shape index (κ3) is 2.92. The number of tetrazole rings is 1. The van der Waals surface area contributed by atoms with Crippen LogP contribution in [0.4, 0.5) is 0 Å². The summed E-state index contributed by atoms with van der Waals surface area (Å²) < 4.78 is 4.24. The number of rotatable bonds is 5. The Labute approximate surface area is 159 Å². The molecule has 10 nitrogen and oxygen atoms in total. The van der Waals surface area contributed by atoms with Crippen LogP contribution < -0.4 is 11.2 Å². The van der Waals surface area contributed by atoms with Crippen LogP contribution in [-0.4, -0.2) is 38.9 Å². The molecule has 4 aromatic rings. The molecule has 0 radical (unpaired) electrons. The second-order valence-corrected chi connectivity index (χ2v) is 6.70. The first kappa shape index (κ1) is 17.8. The van der Waals surface area contributed by atoms with Crippen LogP contribution in [0, 0.1) is 6.92 Å². The van der Waals surface area contributed by atoms with E-state index in [1.54, 1.807) is 18.7 Å². The topological polar surface area (TPSA) is 105 Å². The van der Waals surface area contributed by atoms with Gasteiger partial charge in [-0.2, -0.15) is 4.80 Å². The largest absolute Gasteiger partial charge is 0.332 e. The number of benzene rings is 1. The second-order valence-electron chi connectivity index (χ2n) is 6.70. The van der Waals surface area contributed by atoms with Crippen LogP contribution in [0.1, 0.15) is 12.0 Å². The van der Waals surface area contributed by atoms with Crippen LogP contribution in [0.15, 0.2) is 40.2 Å². The van der Waals surface area contributed by atoms with Crippen molar-refractivity contribution in [1.29, 1.82) is 0 Å². The molecular weight excluding hydrogens is 360 g/mol. The van der Waals surface area contributed by atoms with Crippen LogP contribution in [0.2, 0.25) is 0 Å². The van der Waals surface area contributed by atoms with Crippen LogP contribution in [0.5, 0.6) is 0 Å². The summed E-state index contributed by atoms with van der Waals surface area (Å²) in [7, 11) is 3.35. The number of nitrogens with zero attached hydrogens (tertiary/aromatic N) is 8. The molecule has 3 heterocycles.